The van der Waals surface area contributed by atoms with Crippen molar-refractivity contribution in [1.82, 2.24) is 9.88 Å². The van der Waals surface area contributed by atoms with Crippen molar-refractivity contribution in [3.63, 3.8) is 0 Å². The Hall–Kier alpha value is -1.68. The van der Waals surface area contributed by atoms with E-state index in [4.69, 9.17) is 0 Å². The van der Waals surface area contributed by atoms with Crippen LogP contribution >= 0.6 is 11.3 Å². The van der Waals surface area contributed by atoms with E-state index in [1.54, 1.807) is 11.3 Å². The maximum atomic E-state index is 12.5. The molecule has 4 heteroatoms. The molecule has 23 heavy (non-hydrogen) atoms. The molecule has 3 heterocycles. The Morgan fingerprint density at radius 1 is 1.35 bits per heavy atom. The van der Waals surface area contributed by atoms with Crippen LogP contribution in [0.4, 0.5) is 0 Å². The van der Waals surface area contributed by atoms with Gasteiger partial charge in [0, 0.05) is 35.8 Å². The van der Waals surface area contributed by atoms with E-state index in [0.717, 1.165) is 43.7 Å². The van der Waals surface area contributed by atoms with E-state index in [9.17, 15) is 4.79 Å². The van der Waals surface area contributed by atoms with Gasteiger partial charge in [0.05, 0.1) is 0 Å². The molecule has 1 atom stereocenters. The molecule has 0 bridgehead atoms. The van der Waals surface area contributed by atoms with E-state index in [1.165, 1.54) is 11.3 Å². The maximum absolute atomic E-state index is 12.5. The number of carbonyl (C=O) groups is 1. The first kappa shape index (κ1) is 16.2. The summed E-state index contributed by atoms with van der Waals surface area (Å²) < 4.78 is 0. The molecule has 0 N–H and O–H groups in total. The van der Waals surface area contributed by atoms with Crippen LogP contribution in [0.25, 0.3) is 0 Å². The van der Waals surface area contributed by atoms with Gasteiger partial charge in [-0.15, -0.1) is 11.3 Å². The number of nitrogens with zero attached hydrogens (tertiary/aromatic N) is 2. The first-order chi connectivity index (χ1) is 11.2. The van der Waals surface area contributed by atoms with Gasteiger partial charge in [-0.2, -0.15) is 0 Å². The maximum Gasteiger partial charge on any atom is 0.222 e. The highest BCUT2D eigenvalue weighted by Gasteiger charge is 2.23. The van der Waals surface area contributed by atoms with Crippen LogP contribution in [0.5, 0.6) is 0 Å². The van der Waals surface area contributed by atoms with Crippen LogP contribution in [0.3, 0.4) is 0 Å². The van der Waals surface area contributed by atoms with Crippen LogP contribution in [0, 0.1) is 12.8 Å². The highest BCUT2D eigenvalue weighted by Crippen LogP contribution is 2.21. The zero-order chi connectivity index (χ0) is 16.1. The molecule has 1 amide bonds. The fraction of sp³-hybridized carbons (Fsp3) is 0.474. The lowest BCUT2D eigenvalue weighted by atomic mass is 9.93. The third-order valence-corrected chi connectivity index (χ3v) is 5.42. The first-order valence-corrected chi connectivity index (χ1v) is 9.31. The van der Waals surface area contributed by atoms with E-state index >= 15 is 0 Å². The number of likely N-dealkylation sites (tertiary alicyclic amines) is 1. The highest BCUT2D eigenvalue weighted by atomic mass is 32.1. The van der Waals surface area contributed by atoms with E-state index in [1.807, 2.05) is 13.0 Å². The Bertz CT molecular complexity index is 639. The van der Waals surface area contributed by atoms with Crippen LogP contribution < -0.4 is 0 Å². The summed E-state index contributed by atoms with van der Waals surface area (Å²) in [5.74, 6) is 0.851. The third kappa shape index (κ3) is 4.64. The molecule has 0 saturated carbocycles. The van der Waals surface area contributed by atoms with Crippen molar-refractivity contribution >= 4 is 17.2 Å². The van der Waals surface area contributed by atoms with E-state index in [2.05, 4.69) is 39.5 Å². The average Bonchev–Trinajstić information content (AvgIpc) is 3.06. The Morgan fingerprint density at radius 2 is 2.26 bits per heavy atom. The van der Waals surface area contributed by atoms with Crippen LogP contribution in [0.1, 0.15) is 35.5 Å². The normalized spacial score (nSPS) is 18.1. The lowest BCUT2D eigenvalue weighted by Crippen LogP contribution is -2.40. The van der Waals surface area contributed by atoms with Gasteiger partial charge in [-0.25, -0.2) is 0 Å². The number of hydrogen-bond donors (Lipinski definition) is 0. The topological polar surface area (TPSA) is 33.2 Å². The largest absolute Gasteiger partial charge is 0.342 e. The van der Waals surface area contributed by atoms with E-state index in [0.29, 0.717) is 18.2 Å². The van der Waals surface area contributed by atoms with Crippen molar-refractivity contribution in [3.8, 4) is 0 Å². The highest BCUT2D eigenvalue weighted by molar-refractivity contribution is 7.09. The Balaban J connectivity index is 1.52. The van der Waals surface area contributed by atoms with Crippen LogP contribution in [-0.2, 0) is 17.6 Å². The second-order valence-electron chi connectivity index (χ2n) is 6.40. The third-order valence-electron chi connectivity index (χ3n) is 4.48. The zero-order valence-corrected chi connectivity index (χ0v) is 14.5. The smallest absolute Gasteiger partial charge is 0.222 e. The molecular formula is C19H24N2OS. The van der Waals surface area contributed by atoms with Crippen molar-refractivity contribution in [2.45, 2.75) is 39.0 Å². The van der Waals surface area contributed by atoms with Crippen molar-refractivity contribution < 1.29 is 4.79 Å². The van der Waals surface area contributed by atoms with Gasteiger partial charge in [-0.3, -0.25) is 9.78 Å². The minimum absolute atomic E-state index is 0.306. The second kappa shape index (κ2) is 7.73. The van der Waals surface area contributed by atoms with Crippen molar-refractivity contribution in [3.05, 3.63) is 52.0 Å². The van der Waals surface area contributed by atoms with Gasteiger partial charge in [0.2, 0.25) is 5.91 Å². The SMILES string of the molecule is Cc1cccc(CC2CCCN(C(=O)CCc3cccs3)C2)n1. The molecule has 0 aromatic carbocycles. The Morgan fingerprint density at radius 3 is 3.04 bits per heavy atom. The van der Waals surface area contributed by atoms with Gasteiger partial charge in [0.15, 0.2) is 0 Å². The fourth-order valence-electron chi connectivity index (χ4n) is 3.31. The molecule has 1 unspecified atom stereocenters. The Labute approximate surface area is 142 Å². The molecule has 1 aliphatic rings. The molecule has 1 aliphatic heterocycles. The van der Waals surface area contributed by atoms with Crippen LogP contribution in [0.2, 0.25) is 0 Å². The number of pyridine rings is 1. The van der Waals surface area contributed by atoms with E-state index in [-0.39, 0.29) is 0 Å². The number of carbonyl (C=O) groups excluding carboxylic acids is 1. The van der Waals surface area contributed by atoms with Crippen molar-refractivity contribution in [1.29, 1.82) is 0 Å². The lowest BCUT2D eigenvalue weighted by Gasteiger charge is -2.33. The number of piperidine rings is 1. The predicted octanol–water partition coefficient (Wildman–Crippen LogP) is 3.87. The number of aryl methyl sites for hydroxylation is 2. The lowest BCUT2D eigenvalue weighted by molar-refractivity contribution is -0.132. The zero-order valence-electron chi connectivity index (χ0n) is 13.7. The predicted molar refractivity (Wildman–Crippen MR) is 94.6 cm³/mol. The molecule has 3 nitrogen and oxygen atoms in total. The van der Waals surface area contributed by atoms with Gasteiger partial charge in [0.1, 0.15) is 0 Å². The molecule has 3 rings (SSSR count). The molecule has 0 spiro atoms. The summed E-state index contributed by atoms with van der Waals surface area (Å²) >= 11 is 1.74. The quantitative estimate of drug-likeness (QED) is 0.835. The van der Waals surface area contributed by atoms with Crippen LogP contribution in [0.15, 0.2) is 35.7 Å². The summed E-state index contributed by atoms with van der Waals surface area (Å²) in [6, 6.07) is 10.4. The number of amides is 1. The molecular weight excluding hydrogens is 304 g/mol. The van der Waals surface area contributed by atoms with Crippen molar-refractivity contribution in [2.24, 2.45) is 5.92 Å². The summed E-state index contributed by atoms with van der Waals surface area (Å²) in [7, 11) is 0. The molecule has 0 aliphatic carbocycles. The van der Waals surface area contributed by atoms with Crippen molar-refractivity contribution in [2.75, 3.05) is 13.1 Å². The summed E-state index contributed by atoms with van der Waals surface area (Å²) in [6.45, 7) is 3.84. The minimum Gasteiger partial charge on any atom is -0.342 e. The standard InChI is InChI=1S/C19H24N2OS/c1-15-5-2-7-17(20-15)13-16-6-3-11-21(14-16)19(22)10-9-18-8-4-12-23-18/h2,4-5,7-8,12,16H,3,6,9-11,13-14H2,1H3. The monoisotopic (exact) mass is 328 g/mol. The van der Waals surface area contributed by atoms with Gasteiger partial charge in [0.25, 0.3) is 0 Å². The second-order valence-corrected chi connectivity index (χ2v) is 7.43. The average molecular weight is 328 g/mol. The van der Waals surface area contributed by atoms with E-state index < -0.39 is 0 Å². The molecule has 2 aromatic heterocycles. The van der Waals surface area contributed by atoms with Gasteiger partial charge < -0.3 is 4.90 Å². The van der Waals surface area contributed by atoms with Gasteiger partial charge in [-0.05, 0) is 62.1 Å². The minimum atomic E-state index is 0.306. The summed E-state index contributed by atoms with van der Waals surface area (Å²) in [5.41, 5.74) is 2.23. The number of thiophene rings is 1. The number of rotatable bonds is 5. The fourth-order valence-corrected chi connectivity index (χ4v) is 4.02. The summed E-state index contributed by atoms with van der Waals surface area (Å²) in [6.07, 6.45) is 4.80. The number of aromatic nitrogens is 1. The molecule has 1 saturated heterocycles. The van der Waals surface area contributed by atoms with Gasteiger partial charge >= 0.3 is 0 Å². The molecule has 1 fully saturated rings. The molecule has 2 aromatic rings. The number of hydrogen-bond acceptors (Lipinski definition) is 3. The van der Waals surface area contributed by atoms with Crippen LogP contribution in [-0.4, -0.2) is 28.9 Å². The Kier molecular flexibility index (Phi) is 5.44. The molecule has 122 valence electrons. The first-order valence-electron chi connectivity index (χ1n) is 8.43. The summed E-state index contributed by atoms with van der Waals surface area (Å²) in [4.78, 5) is 20.4. The van der Waals surface area contributed by atoms with Gasteiger partial charge in [-0.1, -0.05) is 12.1 Å². The molecule has 0 radical (unpaired) electrons. The summed E-state index contributed by atoms with van der Waals surface area (Å²) in [5, 5.41) is 2.07.